The second-order valence-corrected chi connectivity index (χ2v) is 6.39. The second-order valence-electron chi connectivity index (χ2n) is 6.39. The van der Waals surface area contributed by atoms with E-state index in [1.165, 1.54) is 64.5 Å². The quantitative estimate of drug-likeness (QED) is 0.743. The van der Waals surface area contributed by atoms with Crippen LogP contribution in [0.4, 0.5) is 0 Å². The molecule has 17 heavy (non-hydrogen) atoms. The van der Waals surface area contributed by atoms with Crippen LogP contribution in [0.5, 0.6) is 0 Å². The minimum Gasteiger partial charge on any atom is -0.381 e. The summed E-state index contributed by atoms with van der Waals surface area (Å²) in [6.07, 6.45) is 11.2. The Kier molecular flexibility index (Phi) is 5.30. The fraction of sp³-hybridized carbons (Fsp3) is 1.00. The summed E-state index contributed by atoms with van der Waals surface area (Å²) in [6, 6.07) is 0. The van der Waals surface area contributed by atoms with Crippen molar-refractivity contribution in [1.82, 2.24) is 5.32 Å². The Morgan fingerprint density at radius 2 is 1.82 bits per heavy atom. The number of hydrogen-bond acceptors (Lipinski definition) is 2. The molecule has 2 rings (SSSR count). The molecule has 2 aliphatic rings. The van der Waals surface area contributed by atoms with E-state index in [0.29, 0.717) is 5.41 Å². The minimum atomic E-state index is 0.491. The Morgan fingerprint density at radius 1 is 1.12 bits per heavy atom. The Hall–Kier alpha value is -0.0800. The molecule has 2 nitrogen and oxygen atoms in total. The highest BCUT2D eigenvalue weighted by molar-refractivity contribution is 4.79. The maximum atomic E-state index is 5.44. The third-order valence-electron chi connectivity index (χ3n) is 4.71. The van der Waals surface area contributed by atoms with Crippen LogP contribution in [0.15, 0.2) is 0 Å². The molecule has 1 saturated heterocycles. The molecule has 1 heterocycles. The number of rotatable bonds is 5. The van der Waals surface area contributed by atoms with Crippen molar-refractivity contribution in [2.75, 3.05) is 26.3 Å². The van der Waals surface area contributed by atoms with Crippen LogP contribution in [-0.2, 0) is 4.74 Å². The molecule has 0 spiro atoms. The standard InChI is InChI=1S/C15H29NO/c1-15(8-11-17-12-9-15)13-16-10-7-14-5-3-2-4-6-14/h14,16H,2-13H2,1H3. The summed E-state index contributed by atoms with van der Waals surface area (Å²) >= 11 is 0. The topological polar surface area (TPSA) is 21.3 Å². The molecule has 0 radical (unpaired) electrons. The van der Waals surface area contributed by atoms with Gasteiger partial charge in [-0.15, -0.1) is 0 Å². The Balaban J connectivity index is 1.55. The molecule has 2 heteroatoms. The third kappa shape index (κ3) is 4.59. The molecule has 2 fully saturated rings. The van der Waals surface area contributed by atoms with Crippen LogP contribution in [0.1, 0.15) is 58.3 Å². The van der Waals surface area contributed by atoms with E-state index in [1.54, 1.807) is 0 Å². The van der Waals surface area contributed by atoms with E-state index in [9.17, 15) is 0 Å². The first-order valence-electron chi connectivity index (χ1n) is 7.57. The predicted octanol–water partition coefficient (Wildman–Crippen LogP) is 3.36. The van der Waals surface area contributed by atoms with Crippen LogP contribution in [0.25, 0.3) is 0 Å². The molecule has 0 aromatic carbocycles. The normalized spacial score (nSPS) is 25.9. The highest BCUT2D eigenvalue weighted by Gasteiger charge is 2.26. The monoisotopic (exact) mass is 239 g/mol. The first-order valence-corrected chi connectivity index (χ1v) is 7.57. The molecule has 100 valence electrons. The van der Waals surface area contributed by atoms with Crippen molar-refractivity contribution in [3.63, 3.8) is 0 Å². The van der Waals surface area contributed by atoms with Crippen molar-refractivity contribution in [3.05, 3.63) is 0 Å². The van der Waals surface area contributed by atoms with Gasteiger partial charge < -0.3 is 10.1 Å². The van der Waals surface area contributed by atoms with E-state index >= 15 is 0 Å². The van der Waals surface area contributed by atoms with E-state index in [1.807, 2.05) is 0 Å². The average molecular weight is 239 g/mol. The van der Waals surface area contributed by atoms with Crippen molar-refractivity contribution in [3.8, 4) is 0 Å². The summed E-state index contributed by atoms with van der Waals surface area (Å²) in [5.41, 5.74) is 0.491. The van der Waals surface area contributed by atoms with Gasteiger partial charge in [0, 0.05) is 19.8 Å². The number of hydrogen-bond donors (Lipinski definition) is 1. The van der Waals surface area contributed by atoms with Crippen LogP contribution in [0, 0.1) is 11.3 Å². The third-order valence-corrected chi connectivity index (χ3v) is 4.71. The molecule has 1 N–H and O–H groups in total. The lowest BCUT2D eigenvalue weighted by molar-refractivity contribution is 0.0240. The van der Waals surface area contributed by atoms with Gasteiger partial charge in [-0.05, 0) is 37.1 Å². The van der Waals surface area contributed by atoms with E-state index in [2.05, 4.69) is 12.2 Å². The minimum absolute atomic E-state index is 0.491. The van der Waals surface area contributed by atoms with Crippen LogP contribution >= 0.6 is 0 Å². The SMILES string of the molecule is CC1(CNCCC2CCCCC2)CCOCC1. The molecule has 1 saturated carbocycles. The Labute approximate surface area is 107 Å². The molecule has 0 amide bonds. The van der Waals surface area contributed by atoms with Gasteiger partial charge in [-0.2, -0.15) is 0 Å². The van der Waals surface area contributed by atoms with E-state index in [4.69, 9.17) is 4.74 Å². The molecular formula is C15H29NO. The Morgan fingerprint density at radius 3 is 2.53 bits per heavy atom. The highest BCUT2D eigenvalue weighted by Crippen LogP contribution is 2.29. The van der Waals surface area contributed by atoms with Gasteiger partial charge in [-0.1, -0.05) is 39.0 Å². The Bertz CT molecular complexity index is 205. The zero-order valence-electron chi connectivity index (χ0n) is 11.5. The summed E-state index contributed by atoms with van der Waals surface area (Å²) in [7, 11) is 0. The fourth-order valence-electron chi connectivity index (χ4n) is 3.21. The van der Waals surface area contributed by atoms with E-state index in [0.717, 1.165) is 19.1 Å². The van der Waals surface area contributed by atoms with Gasteiger partial charge >= 0.3 is 0 Å². The summed E-state index contributed by atoms with van der Waals surface area (Å²) in [5.74, 6) is 1.01. The van der Waals surface area contributed by atoms with Crippen molar-refractivity contribution in [2.24, 2.45) is 11.3 Å². The van der Waals surface area contributed by atoms with Crippen molar-refractivity contribution in [1.29, 1.82) is 0 Å². The molecule has 0 aromatic heterocycles. The van der Waals surface area contributed by atoms with Gasteiger partial charge in [0.1, 0.15) is 0 Å². The van der Waals surface area contributed by atoms with Crippen molar-refractivity contribution in [2.45, 2.75) is 58.3 Å². The maximum Gasteiger partial charge on any atom is 0.0471 e. The van der Waals surface area contributed by atoms with Crippen LogP contribution in [-0.4, -0.2) is 26.3 Å². The van der Waals surface area contributed by atoms with E-state index in [-0.39, 0.29) is 0 Å². The number of nitrogens with one attached hydrogen (secondary N) is 1. The first-order chi connectivity index (χ1) is 8.29. The summed E-state index contributed by atoms with van der Waals surface area (Å²) in [5, 5.41) is 3.69. The van der Waals surface area contributed by atoms with Gasteiger partial charge in [0.25, 0.3) is 0 Å². The average Bonchev–Trinajstić information content (AvgIpc) is 2.37. The van der Waals surface area contributed by atoms with Crippen molar-refractivity contribution >= 4 is 0 Å². The molecule has 1 aliphatic heterocycles. The lowest BCUT2D eigenvalue weighted by atomic mass is 9.82. The molecule has 1 aliphatic carbocycles. The highest BCUT2D eigenvalue weighted by atomic mass is 16.5. The lowest BCUT2D eigenvalue weighted by Gasteiger charge is -2.34. The number of ether oxygens (including phenoxy) is 1. The summed E-state index contributed by atoms with van der Waals surface area (Å²) in [6.45, 7) is 6.73. The molecular weight excluding hydrogens is 210 g/mol. The predicted molar refractivity (Wildman–Crippen MR) is 72.2 cm³/mol. The molecule has 0 atom stereocenters. The second kappa shape index (κ2) is 6.75. The summed E-state index contributed by atoms with van der Waals surface area (Å²) in [4.78, 5) is 0. The zero-order valence-corrected chi connectivity index (χ0v) is 11.5. The van der Waals surface area contributed by atoms with Gasteiger partial charge in [0.15, 0.2) is 0 Å². The lowest BCUT2D eigenvalue weighted by Crippen LogP contribution is -2.37. The van der Waals surface area contributed by atoms with Gasteiger partial charge in [-0.3, -0.25) is 0 Å². The summed E-state index contributed by atoms with van der Waals surface area (Å²) < 4.78 is 5.44. The molecule has 0 bridgehead atoms. The smallest absolute Gasteiger partial charge is 0.0471 e. The van der Waals surface area contributed by atoms with Gasteiger partial charge in [0.05, 0.1) is 0 Å². The fourth-order valence-corrected chi connectivity index (χ4v) is 3.21. The van der Waals surface area contributed by atoms with Gasteiger partial charge in [-0.25, -0.2) is 0 Å². The van der Waals surface area contributed by atoms with Crippen LogP contribution < -0.4 is 5.32 Å². The largest absolute Gasteiger partial charge is 0.381 e. The maximum absolute atomic E-state index is 5.44. The van der Waals surface area contributed by atoms with E-state index < -0.39 is 0 Å². The van der Waals surface area contributed by atoms with Crippen LogP contribution in [0.3, 0.4) is 0 Å². The zero-order chi connectivity index (χ0) is 12.0. The van der Waals surface area contributed by atoms with Crippen molar-refractivity contribution < 1.29 is 4.74 Å². The first kappa shape index (κ1) is 13.4. The van der Waals surface area contributed by atoms with Gasteiger partial charge in [0.2, 0.25) is 0 Å². The molecule has 0 aromatic rings. The molecule has 0 unspecified atom stereocenters. The van der Waals surface area contributed by atoms with Crippen LogP contribution in [0.2, 0.25) is 0 Å².